The molecule has 0 aliphatic carbocycles. The predicted octanol–water partition coefficient (Wildman–Crippen LogP) is 4.34. The molecular weight excluding hydrogens is 270 g/mol. The van der Waals surface area contributed by atoms with Gasteiger partial charge in [-0.15, -0.1) is 0 Å². The van der Waals surface area contributed by atoms with E-state index in [-0.39, 0.29) is 23.3 Å². The Morgan fingerprint density at radius 3 is 2.05 bits per heavy atom. The molecule has 2 aromatic carbocycles. The zero-order valence-corrected chi connectivity index (χ0v) is 13.5. The molecule has 0 saturated carbocycles. The molecule has 3 rings (SSSR count). The quantitative estimate of drug-likeness (QED) is 0.617. The molecule has 1 aliphatic rings. The van der Waals surface area contributed by atoms with E-state index in [4.69, 9.17) is 0 Å². The molecule has 1 saturated heterocycles. The van der Waals surface area contributed by atoms with Crippen molar-refractivity contribution in [3.8, 4) is 0 Å². The summed E-state index contributed by atoms with van der Waals surface area (Å²) in [5.74, 6) is 0.235. The number of rotatable bonds is 4. The SMILES string of the molecule is CC(C)(C)CN1[C@H](C(=O)c2ccccc2)[C@H]1c1ccccc1. The van der Waals surface area contributed by atoms with Crippen LogP contribution in [0.25, 0.3) is 0 Å². The van der Waals surface area contributed by atoms with Crippen molar-refractivity contribution in [3.05, 3.63) is 71.8 Å². The average molecular weight is 293 g/mol. The third-order valence-electron chi connectivity index (χ3n) is 4.05. The fourth-order valence-electron chi connectivity index (χ4n) is 3.11. The number of nitrogens with zero attached hydrogens (tertiary/aromatic N) is 1. The molecule has 2 aromatic rings. The fourth-order valence-corrected chi connectivity index (χ4v) is 3.11. The minimum atomic E-state index is -0.0241. The van der Waals surface area contributed by atoms with Crippen LogP contribution in [0.3, 0.4) is 0 Å². The first-order chi connectivity index (χ1) is 10.5. The predicted molar refractivity (Wildman–Crippen MR) is 89.9 cm³/mol. The van der Waals surface area contributed by atoms with Crippen molar-refractivity contribution in [1.82, 2.24) is 4.90 Å². The fraction of sp³-hybridized carbons (Fsp3) is 0.350. The standard InChI is InChI=1S/C20H23NO/c1-20(2,3)14-21-17(15-10-6-4-7-11-15)18(21)19(22)16-12-8-5-9-13-16/h4-13,17-18H,14H2,1-3H3/t17-,18+,21?/m1/s1. The molecule has 22 heavy (non-hydrogen) atoms. The zero-order valence-electron chi connectivity index (χ0n) is 13.5. The summed E-state index contributed by atoms with van der Waals surface area (Å²) in [5, 5.41) is 0. The molecule has 1 aliphatic heterocycles. The number of carbonyl (C=O) groups is 1. The number of hydrogen-bond acceptors (Lipinski definition) is 2. The molecule has 0 bridgehead atoms. The third kappa shape index (κ3) is 3.12. The first-order valence-corrected chi connectivity index (χ1v) is 7.87. The van der Waals surface area contributed by atoms with Crippen molar-refractivity contribution >= 4 is 5.78 Å². The van der Waals surface area contributed by atoms with Crippen LogP contribution < -0.4 is 0 Å². The minimum absolute atomic E-state index is 0.0241. The number of hydrogen-bond donors (Lipinski definition) is 0. The number of Topliss-reactive ketones (excluding diaryl/α,β-unsaturated/α-hetero) is 1. The van der Waals surface area contributed by atoms with Crippen LogP contribution in [-0.4, -0.2) is 23.3 Å². The lowest BCUT2D eigenvalue weighted by atomic mass is 9.97. The highest BCUT2D eigenvalue weighted by Gasteiger charge is 2.53. The number of ketones is 1. The summed E-state index contributed by atoms with van der Waals surface area (Å²) in [6, 6.07) is 20.2. The van der Waals surface area contributed by atoms with Gasteiger partial charge in [-0.25, -0.2) is 0 Å². The van der Waals surface area contributed by atoms with Crippen LogP contribution in [0, 0.1) is 5.41 Å². The Morgan fingerprint density at radius 2 is 1.50 bits per heavy atom. The van der Waals surface area contributed by atoms with E-state index in [1.54, 1.807) is 0 Å². The van der Waals surface area contributed by atoms with E-state index in [1.165, 1.54) is 5.56 Å². The maximum atomic E-state index is 12.8. The van der Waals surface area contributed by atoms with E-state index in [0.29, 0.717) is 0 Å². The van der Waals surface area contributed by atoms with Crippen LogP contribution in [0.4, 0.5) is 0 Å². The Kier molecular flexibility index (Phi) is 3.88. The normalized spacial score (nSPS) is 24.0. The van der Waals surface area contributed by atoms with E-state index in [2.05, 4.69) is 37.8 Å². The molecule has 0 N–H and O–H groups in total. The van der Waals surface area contributed by atoms with Gasteiger partial charge in [0.2, 0.25) is 0 Å². The van der Waals surface area contributed by atoms with Crippen molar-refractivity contribution in [3.63, 3.8) is 0 Å². The van der Waals surface area contributed by atoms with Crippen molar-refractivity contribution in [1.29, 1.82) is 0 Å². The van der Waals surface area contributed by atoms with E-state index < -0.39 is 0 Å². The molecule has 2 heteroatoms. The van der Waals surface area contributed by atoms with Crippen molar-refractivity contribution in [2.24, 2.45) is 5.41 Å². The highest BCUT2D eigenvalue weighted by molar-refractivity contribution is 6.02. The van der Waals surface area contributed by atoms with Gasteiger partial charge in [-0.05, 0) is 11.0 Å². The van der Waals surface area contributed by atoms with Crippen molar-refractivity contribution in [2.45, 2.75) is 32.9 Å². The van der Waals surface area contributed by atoms with E-state index >= 15 is 0 Å². The van der Waals surface area contributed by atoms with E-state index in [9.17, 15) is 4.79 Å². The summed E-state index contributed by atoms with van der Waals surface area (Å²) in [4.78, 5) is 15.2. The molecule has 0 aromatic heterocycles. The summed E-state index contributed by atoms with van der Waals surface area (Å²) < 4.78 is 0. The van der Waals surface area contributed by atoms with Gasteiger partial charge in [0.1, 0.15) is 0 Å². The Bertz CT molecular complexity index is 642. The summed E-state index contributed by atoms with van der Waals surface area (Å²) in [5.41, 5.74) is 2.23. The molecule has 114 valence electrons. The van der Waals surface area contributed by atoms with Gasteiger partial charge in [0.25, 0.3) is 0 Å². The van der Waals surface area contributed by atoms with Gasteiger partial charge in [-0.2, -0.15) is 0 Å². The molecule has 0 amide bonds. The van der Waals surface area contributed by atoms with Gasteiger partial charge in [0.05, 0.1) is 12.1 Å². The van der Waals surface area contributed by atoms with Crippen molar-refractivity contribution in [2.75, 3.05) is 6.54 Å². The summed E-state index contributed by atoms with van der Waals surface area (Å²) in [7, 11) is 0. The molecule has 1 fully saturated rings. The monoisotopic (exact) mass is 293 g/mol. The van der Waals surface area contributed by atoms with Crippen LogP contribution in [0.5, 0.6) is 0 Å². The average Bonchev–Trinajstić information content (AvgIpc) is 3.19. The Hall–Kier alpha value is -1.93. The zero-order chi connectivity index (χ0) is 15.7. The topological polar surface area (TPSA) is 20.1 Å². The van der Waals surface area contributed by atoms with Crippen LogP contribution >= 0.6 is 0 Å². The van der Waals surface area contributed by atoms with Gasteiger partial charge >= 0.3 is 0 Å². The molecule has 1 unspecified atom stereocenters. The van der Waals surface area contributed by atoms with Crippen molar-refractivity contribution < 1.29 is 4.79 Å². The third-order valence-corrected chi connectivity index (χ3v) is 4.05. The smallest absolute Gasteiger partial charge is 0.181 e. The first kappa shape index (κ1) is 15.0. The number of benzene rings is 2. The largest absolute Gasteiger partial charge is 0.292 e. The van der Waals surface area contributed by atoms with Gasteiger partial charge < -0.3 is 0 Å². The molecule has 1 heterocycles. The number of carbonyl (C=O) groups excluding carboxylic acids is 1. The van der Waals surface area contributed by atoms with Crippen LogP contribution in [0.1, 0.15) is 42.7 Å². The van der Waals surface area contributed by atoms with Gasteiger partial charge in [0, 0.05) is 12.1 Å². The Balaban J connectivity index is 1.86. The lowest BCUT2D eigenvalue weighted by Crippen LogP contribution is -2.23. The van der Waals surface area contributed by atoms with Crippen LogP contribution in [0.2, 0.25) is 0 Å². The summed E-state index contributed by atoms with van der Waals surface area (Å²) in [6.07, 6.45) is 0. The minimum Gasteiger partial charge on any atom is -0.292 e. The lowest BCUT2D eigenvalue weighted by molar-refractivity contribution is 0.0969. The van der Waals surface area contributed by atoms with Crippen LogP contribution in [-0.2, 0) is 0 Å². The highest BCUT2D eigenvalue weighted by Crippen LogP contribution is 2.46. The maximum absolute atomic E-state index is 12.8. The summed E-state index contributed by atoms with van der Waals surface area (Å²) >= 11 is 0. The maximum Gasteiger partial charge on any atom is 0.181 e. The molecular formula is C20H23NO. The Morgan fingerprint density at radius 1 is 0.955 bits per heavy atom. The second-order valence-corrected chi connectivity index (χ2v) is 7.26. The van der Waals surface area contributed by atoms with E-state index in [0.717, 1.165) is 12.1 Å². The molecule has 2 nitrogen and oxygen atoms in total. The van der Waals surface area contributed by atoms with Gasteiger partial charge in [-0.3, -0.25) is 9.69 Å². The van der Waals surface area contributed by atoms with Gasteiger partial charge in [0.15, 0.2) is 5.78 Å². The second kappa shape index (κ2) is 5.69. The van der Waals surface area contributed by atoms with Crippen LogP contribution in [0.15, 0.2) is 60.7 Å². The first-order valence-electron chi connectivity index (χ1n) is 7.87. The van der Waals surface area contributed by atoms with Gasteiger partial charge in [-0.1, -0.05) is 81.4 Å². The highest BCUT2D eigenvalue weighted by atomic mass is 16.1. The molecule has 0 radical (unpaired) electrons. The van der Waals surface area contributed by atoms with E-state index in [1.807, 2.05) is 48.5 Å². The molecule has 0 spiro atoms. The summed E-state index contributed by atoms with van der Waals surface area (Å²) in [6.45, 7) is 7.59. The lowest BCUT2D eigenvalue weighted by Gasteiger charge is -2.19. The second-order valence-electron chi connectivity index (χ2n) is 7.26. The Labute approximate surface area is 132 Å². The molecule has 3 atom stereocenters.